The van der Waals surface area contributed by atoms with Crippen LogP contribution < -0.4 is 15.6 Å². The maximum absolute atomic E-state index is 12.5. The largest absolute Gasteiger partial charge is 0.435 e. The van der Waals surface area contributed by atoms with Crippen LogP contribution in [0.25, 0.3) is 0 Å². The zero-order valence-corrected chi connectivity index (χ0v) is 22.1. The fraction of sp³-hybridized carbons (Fsp3) is 0.593. The zero-order valence-electron chi connectivity index (χ0n) is 22.1. The highest BCUT2D eigenvalue weighted by Crippen LogP contribution is 2.41. The zero-order chi connectivity index (χ0) is 26.4. The molecule has 2 saturated heterocycles. The SMILES string of the molecule is Cc1cc(C(=O)N[C@@H](C)CC2CCC3(CC2)OC(=O)NN=C3c2cnc(N3C[C@H]4C[C@@H]3CO4)cc2C)n[nH]1. The Balaban J connectivity index is 1.12. The lowest BCUT2D eigenvalue weighted by Crippen LogP contribution is -2.52. The molecule has 1 aliphatic carbocycles. The number of carbonyl (C=O) groups excluding carboxylic acids is 2. The summed E-state index contributed by atoms with van der Waals surface area (Å²) in [6.45, 7) is 7.59. The molecule has 11 nitrogen and oxygen atoms in total. The molecule has 2 amide bonds. The van der Waals surface area contributed by atoms with Gasteiger partial charge in [-0.25, -0.2) is 15.2 Å². The molecule has 0 aromatic carbocycles. The summed E-state index contributed by atoms with van der Waals surface area (Å²) in [5.74, 6) is 1.19. The van der Waals surface area contributed by atoms with Gasteiger partial charge >= 0.3 is 6.09 Å². The number of fused-ring (bicyclic) bond motifs is 2. The minimum atomic E-state index is -0.771. The minimum absolute atomic E-state index is 0.00695. The molecular weight excluding hydrogens is 486 g/mol. The van der Waals surface area contributed by atoms with Crippen LogP contribution in [0.1, 0.15) is 72.8 Å². The van der Waals surface area contributed by atoms with Crippen LogP contribution in [0.3, 0.4) is 0 Å². The Morgan fingerprint density at radius 3 is 2.76 bits per heavy atom. The van der Waals surface area contributed by atoms with Crippen molar-refractivity contribution in [2.75, 3.05) is 18.1 Å². The number of nitrogens with one attached hydrogen (secondary N) is 3. The van der Waals surface area contributed by atoms with E-state index in [0.717, 1.165) is 67.2 Å². The van der Waals surface area contributed by atoms with Gasteiger partial charge in [-0.05, 0) is 82.9 Å². The van der Waals surface area contributed by atoms with Crippen molar-refractivity contribution in [1.29, 1.82) is 0 Å². The number of amides is 2. The number of H-pyrrole nitrogens is 1. The van der Waals surface area contributed by atoms with Gasteiger partial charge in [0.2, 0.25) is 0 Å². The smallest absolute Gasteiger partial charge is 0.428 e. The van der Waals surface area contributed by atoms with Gasteiger partial charge in [0.05, 0.1) is 18.8 Å². The van der Waals surface area contributed by atoms with Crippen LogP contribution in [0.2, 0.25) is 0 Å². The molecule has 38 heavy (non-hydrogen) atoms. The molecule has 1 saturated carbocycles. The van der Waals surface area contributed by atoms with E-state index in [4.69, 9.17) is 14.5 Å². The van der Waals surface area contributed by atoms with Crippen molar-refractivity contribution >= 4 is 23.5 Å². The third-order valence-electron chi connectivity index (χ3n) is 8.44. The number of hydrogen-bond donors (Lipinski definition) is 3. The van der Waals surface area contributed by atoms with Crippen molar-refractivity contribution < 1.29 is 19.1 Å². The number of morpholine rings is 1. The van der Waals surface area contributed by atoms with E-state index in [1.165, 1.54) is 0 Å². The maximum atomic E-state index is 12.5. The number of aryl methyl sites for hydroxylation is 2. The molecule has 0 radical (unpaired) electrons. The number of pyridine rings is 1. The lowest BCUT2D eigenvalue weighted by molar-refractivity contribution is 0.0154. The molecule has 1 spiro atoms. The summed E-state index contributed by atoms with van der Waals surface area (Å²) in [7, 11) is 0. The average Bonchev–Trinajstić information content (AvgIpc) is 3.64. The molecule has 2 aromatic heterocycles. The van der Waals surface area contributed by atoms with Crippen LogP contribution >= 0.6 is 0 Å². The number of aromatic amines is 1. The van der Waals surface area contributed by atoms with E-state index in [0.29, 0.717) is 36.6 Å². The summed E-state index contributed by atoms with van der Waals surface area (Å²) in [4.78, 5) is 31.9. The predicted molar refractivity (Wildman–Crippen MR) is 140 cm³/mol. The monoisotopic (exact) mass is 521 g/mol. The molecular formula is C27H35N7O4. The van der Waals surface area contributed by atoms with Crippen molar-refractivity contribution in [3.8, 4) is 0 Å². The van der Waals surface area contributed by atoms with Gasteiger partial charge in [-0.15, -0.1) is 0 Å². The van der Waals surface area contributed by atoms with Crippen LogP contribution in [0, 0.1) is 19.8 Å². The molecule has 0 unspecified atom stereocenters. The summed E-state index contributed by atoms with van der Waals surface area (Å²) in [5, 5.41) is 14.4. The first-order chi connectivity index (χ1) is 18.3. The molecule has 202 valence electrons. The minimum Gasteiger partial charge on any atom is -0.435 e. The summed E-state index contributed by atoms with van der Waals surface area (Å²) in [6.07, 6.45) is 6.67. The molecule has 4 aliphatic rings. The predicted octanol–water partition coefficient (Wildman–Crippen LogP) is 2.98. The van der Waals surface area contributed by atoms with E-state index < -0.39 is 11.7 Å². The fourth-order valence-electron chi connectivity index (χ4n) is 6.49. The standard InChI is InChI=1S/C27H35N7O4/c1-15-8-23(34-13-20-11-19(34)14-37-20)28-12-21(15)24-27(38-26(36)33-32-24)6-4-18(5-7-27)9-16(2)29-25(35)22-10-17(3)30-31-22/h8,10,12,16,18-20H,4-7,9,11,13-14H2,1-3H3,(H,29,35)(H,30,31)(H,33,36)/t16-,18?,19+,20+,27?/m0/s1. The first-order valence-electron chi connectivity index (χ1n) is 13.5. The molecule has 6 rings (SSSR count). The van der Waals surface area contributed by atoms with Crippen LogP contribution in [0.15, 0.2) is 23.4 Å². The van der Waals surface area contributed by atoms with Gasteiger partial charge < -0.3 is 19.7 Å². The average molecular weight is 522 g/mol. The molecule has 3 atom stereocenters. The van der Waals surface area contributed by atoms with E-state index in [1.54, 1.807) is 6.07 Å². The second kappa shape index (κ2) is 9.68. The Morgan fingerprint density at radius 1 is 1.29 bits per heavy atom. The highest BCUT2D eigenvalue weighted by atomic mass is 16.6. The Hall–Kier alpha value is -3.47. The Labute approximate surface area is 221 Å². The molecule has 5 heterocycles. The van der Waals surface area contributed by atoms with Crippen molar-refractivity contribution in [2.45, 2.75) is 83.1 Å². The number of anilines is 1. The fourth-order valence-corrected chi connectivity index (χ4v) is 6.49. The van der Waals surface area contributed by atoms with Gasteiger partial charge in [0.1, 0.15) is 17.2 Å². The highest BCUT2D eigenvalue weighted by Gasteiger charge is 2.47. The normalized spacial score (nSPS) is 29.1. The Bertz CT molecular complexity index is 1270. The van der Waals surface area contributed by atoms with Crippen LogP contribution in [-0.4, -0.2) is 69.8 Å². The van der Waals surface area contributed by atoms with Gasteiger partial charge in [0.25, 0.3) is 5.91 Å². The highest BCUT2D eigenvalue weighted by molar-refractivity contribution is 6.09. The van der Waals surface area contributed by atoms with Gasteiger partial charge in [-0.2, -0.15) is 10.2 Å². The van der Waals surface area contributed by atoms with E-state index in [2.05, 4.69) is 43.9 Å². The lowest BCUT2D eigenvalue weighted by Gasteiger charge is -2.42. The second-order valence-electron chi connectivity index (χ2n) is 11.3. The quantitative estimate of drug-likeness (QED) is 0.532. The van der Waals surface area contributed by atoms with Gasteiger partial charge in [0.15, 0.2) is 5.60 Å². The number of nitrogens with zero attached hydrogens (tertiary/aromatic N) is 4. The summed E-state index contributed by atoms with van der Waals surface area (Å²) in [5.41, 5.74) is 5.71. The van der Waals surface area contributed by atoms with E-state index >= 15 is 0 Å². The Morgan fingerprint density at radius 2 is 2.11 bits per heavy atom. The number of rotatable bonds is 6. The van der Waals surface area contributed by atoms with Crippen LogP contribution in [0.5, 0.6) is 0 Å². The Kier molecular flexibility index (Phi) is 6.33. The summed E-state index contributed by atoms with van der Waals surface area (Å²) >= 11 is 0. The van der Waals surface area contributed by atoms with Crippen LogP contribution in [0.4, 0.5) is 10.6 Å². The molecule has 3 aliphatic heterocycles. The van der Waals surface area contributed by atoms with E-state index in [-0.39, 0.29) is 11.9 Å². The third kappa shape index (κ3) is 4.63. The molecule has 3 fully saturated rings. The van der Waals surface area contributed by atoms with Crippen molar-refractivity contribution in [1.82, 2.24) is 25.9 Å². The molecule has 3 N–H and O–H groups in total. The maximum Gasteiger partial charge on any atom is 0.428 e. The van der Waals surface area contributed by atoms with Gasteiger partial charge in [-0.3, -0.25) is 9.89 Å². The summed E-state index contributed by atoms with van der Waals surface area (Å²) in [6, 6.07) is 4.25. The van der Waals surface area contributed by atoms with Crippen molar-refractivity contribution in [2.24, 2.45) is 11.0 Å². The van der Waals surface area contributed by atoms with Crippen molar-refractivity contribution in [3.05, 3.63) is 40.8 Å². The second-order valence-corrected chi connectivity index (χ2v) is 11.3. The van der Waals surface area contributed by atoms with Crippen LogP contribution in [-0.2, 0) is 9.47 Å². The van der Waals surface area contributed by atoms with Crippen molar-refractivity contribution in [3.63, 3.8) is 0 Å². The van der Waals surface area contributed by atoms with Gasteiger partial charge in [0, 0.05) is 30.0 Å². The van der Waals surface area contributed by atoms with E-state index in [1.807, 2.05) is 20.0 Å². The molecule has 11 heteroatoms. The number of aromatic nitrogens is 3. The molecule has 2 aromatic rings. The number of ether oxygens (including phenoxy) is 2. The molecule has 2 bridgehead atoms. The number of hydrogen-bond acceptors (Lipinski definition) is 8. The topological polar surface area (TPSA) is 134 Å². The first-order valence-corrected chi connectivity index (χ1v) is 13.5. The van der Waals surface area contributed by atoms with Gasteiger partial charge in [-0.1, -0.05) is 0 Å². The number of hydrazone groups is 1. The number of carbonyl (C=O) groups is 2. The van der Waals surface area contributed by atoms with E-state index in [9.17, 15) is 9.59 Å². The summed E-state index contributed by atoms with van der Waals surface area (Å²) < 4.78 is 11.7. The third-order valence-corrected chi connectivity index (χ3v) is 8.44. The first kappa shape index (κ1) is 24.8. The lowest BCUT2D eigenvalue weighted by atomic mass is 9.72.